The minimum Gasteiger partial charge on any atom is -0.337 e. The number of anilines is 1. The zero-order chi connectivity index (χ0) is 22.9. The molecule has 0 aliphatic rings. The molecule has 0 aliphatic heterocycles. The molecule has 0 atom stereocenters. The lowest BCUT2D eigenvalue weighted by atomic mass is 10.2. The average molecular weight is 447 g/mol. The summed E-state index contributed by atoms with van der Waals surface area (Å²) in [5.41, 5.74) is 3.62. The molecule has 3 aromatic carbocycles. The van der Waals surface area contributed by atoms with Gasteiger partial charge in [-0.15, -0.1) is 0 Å². The molecule has 0 radical (unpaired) electrons. The number of hydrogen-bond donors (Lipinski definition) is 0. The first-order valence-electron chi connectivity index (χ1n) is 10.6. The molecule has 0 unspecified atom stereocenters. The van der Waals surface area contributed by atoms with Crippen molar-refractivity contribution in [1.29, 1.82) is 0 Å². The van der Waals surface area contributed by atoms with E-state index in [9.17, 15) is 13.2 Å². The van der Waals surface area contributed by atoms with E-state index >= 15 is 0 Å². The van der Waals surface area contributed by atoms with Crippen LogP contribution < -0.4 is 4.90 Å². The lowest BCUT2D eigenvalue weighted by Crippen LogP contribution is -2.33. The van der Waals surface area contributed by atoms with E-state index < -0.39 is 9.84 Å². The fourth-order valence-electron chi connectivity index (χ4n) is 3.93. The first kappa shape index (κ1) is 21.8. The molecule has 164 valence electrons. The van der Waals surface area contributed by atoms with E-state index in [4.69, 9.17) is 0 Å². The van der Waals surface area contributed by atoms with Gasteiger partial charge in [-0.25, -0.2) is 8.42 Å². The summed E-state index contributed by atoms with van der Waals surface area (Å²) in [4.78, 5) is 15.4. The maximum absolute atomic E-state index is 13.4. The zero-order valence-corrected chi connectivity index (χ0v) is 19.3. The predicted octanol–water partition coefficient (Wildman–Crippen LogP) is 5.14. The Hall–Kier alpha value is -3.38. The summed E-state index contributed by atoms with van der Waals surface area (Å²) in [6.45, 7) is 6.41. The third-order valence-electron chi connectivity index (χ3n) is 5.61. The summed E-state index contributed by atoms with van der Waals surface area (Å²) >= 11 is 0. The predicted molar refractivity (Wildman–Crippen MR) is 128 cm³/mol. The van der Waals surface area contributed by atoms with Gasteiger partial charge in [0, 0.05) is 29.3 Å². The molecule has 32 heavy (non-hydrogen) atoms. The Balaban J connectivity index is 1.75. The van der Waals surface area contributed by atoms with Gasteiger partial charge in [-0.1, -0.05) is 48.0 Å². The smallest absolute Gasteiger partial charge is 0.246 e. The second-order valence-corrected chi connectivity index (χ2v) is 9.85. The second-order valence-electron chi connectivity index (χ2n) is 7.93. The standard InChI is InChI=1S/C26H26N2O3S/c1-4-28(21-9-7-8-20(3)16-21)26(29)18-27-17-25(23-10-5-6-11-24(23)27)32(30,31)22-14-12-19(2)13-15-22/h5-17H,4,18H2,1-3H3. The number of amides is 1. The molecular formula is C26H26N2O3S. The number of aryl methyl sites for hydroxylation is 2. The van der Waals surface area contributed by atoms with Gasteiger partial charge < -0.3 is 9.47 Å². The van der Waals surface area contributed by atoms with Crippen LogP contribution in [-0.2, 0) is 21.2 Å². The van der Waals surface area contributed by atoms with E-state index in [1.165, 1.54) is 0 Å². The van der Waals surface area contributed by atoms with Gasteiger partial charge in [0.15, 0.2) is 0 Å². The Kier molecular flexibility index (Phi) is 5.89. The van der Waals surface area contributed by atoms with Crippen LogP contribution in [0, 0.1) is 13.8 Å². The van der Waals surface area contributed by atoms with Gasteiger partial charge in [0.05, 0.1) is 9.79 Å². The van der Waals surface area contributed by atoms with Gasteiger partial charge in [-0.05, 0) is 56.7 Å². The van der Waals surface area contributed by atoms with Crippen molar-refractivity contribution in [1.82, 2.24) is 4.57 Å². The average Bonchev–Trinajstić information content (AvgIpc) is 3.14. The Bertz CT molecular complexity index is 1390. The van der Waals surface area contributed by atoms with Crippen molar-refractivity contribution >= 4 is 32.3 Å². The van der Waals surface area contributed by atoms with E-state index in [1.54, 1.807) is 46.0 Å². The number of hydrogen-bond acceptors (Lipinski definition) is 3. The maximum Gasteiger partial charge on any atom is 0.246 e. The summed E-state index contributed by atoms with van der Waals surface area (Å²) in [5, 5.41) is 0.611. The van der Waals surface area contributed by atoms with Crippen LogP contribution in [0.3, 0.4) is 0 Å². The molecule has 4 aromatic rings. The van der Waals surface area contributed by atoms with Crippen LogP contribution in [0.2, 0.25) is 0 Å². The van der Waals surface area contributed by atoms with E-state index in [1.807, 2.05) is 63.2 Å². The Morgan fingerprint density at radius 1 is 0.906 bits per heavy atom. The molecule has 1 aromatic heterocycles. The van der Waals surface area contributed by atoms with E-state index in [-0.39, 0.29) is 22.2 Å². The zero-order valence-electron chi connectivity index (χ0n) is 18.4. The number of aromatic nitrogens is 1. The number of para-hydroxylation sites is 1. The summed E-state index contributed by atoms with van der Waals surface area (Å²) < 4.78 is 28.5. The molecule has 5 nitrogen and oxygen atoms in total. The van der Waals surface area contributed by atoms with Gasteiger partial charge in [-0.2, -0.15) is 0 Å². The van der Waals surface area contributed by atoms with Crippen LogP contribution in [0.1, 0.15) is 18.1 Å². The van der Waals surface area contributed by atoms with Crippen molar-refractivity contribution in [2.75, 3.05) is 11.4 Å². The first-order chi connectivity index (χ1) is 15.3. The van der Waals surface area contributed by atoms with E-state index in [0.717, 1.165) is 16.8 Å². The molecule has 0 saturated carbocycles. The Labute approximate surface area is 188 Å². The van der Waals surface area contributed by atoms with Crippen molar-refractivity contribution in [2.24, 2.45) is 0 Å². The molecule has 0 saturated heterocycles. The minimum atomic E-state index is -3.73. The molecule has 4 rings (SSSR count). The number of benzene rings is 3. The van der Waals surface area contributed by atoms with E-state index in [2.05, 4.69) is 0 Å². The van der Waals surface area contributed by atoms with Crippen LogP contribution in [-0.4, -0.2) is 25.4 Å². The molecule has 0 fully saturated rings. The maximum atomic E-state index is 13.4. The number of fused-ring (bicyclic) bond motifs is 1. The van der Waals surface area contributed by atoms with E-state index in [0.29, 0.717) is 17.4 Å². The highest BCUT2D eigenvalue weighted by molar-refractivity contribution is 7.91. The molecule has 6 heteroatoms. The highest BCUT2D eigenvalue weighted by Gasteiger charge is 2.24. The van der Waals surface area contributed by atoms with Crippen molar-refractivity contribution in [2.45, 2.75) is 37.1 Å². The van der Waals surface area contributed by atoms with Crippen molar-refractivity contribution < 1.29 is 13.2 Å². The fourth-order valence-corrected chi connectivity index (χ4v) is 5.41. The molecule has 0 bridgehead atoms. The van der Waals surface area contributed by atoms with Crippen LogP contribution >= 0.6 is 0 Å². The highest BCUT2D eigenvalue weighted by Crippen LogP contribution is 2.30. The first-order valence-corrected chi connectivity index (χ1v) is 12.1. The monoisotopic (exact) mass is 446 g/mol. The highest BCUT2D eigenvalue weighted by atomic mass is 32.2. The summed E-state index contributed by atoms with van der Waals surface area (Å²) in [6.07, 6.45) is 1.59. The fraction of sp³-hybridized carbons (Fsp3) is 0.192. The minimum absolute atomic E-state index is 0.0473. The number of carbonyl (C=O) groups excluding carboxylic acids is 1. The normalized spacial score (nSPS) is 11.6. The van der Waals surface area contributed by atoms with Crippen LogP contribution in [0.25, 0.3) is 10.9 Å². The molecule has 0 spiro atoms. The Morgan fingerprint density at radius 2 is 1.62 bits per heavy atom. The molecule has 0 N–H and O–H groups in total. The van der Waals surface area contributed by atoms with Crippen molar-refractivity contribution in [3.63, 3.8) is 0 Å². The second kappa shape index (κ2) is 8.63. The largest absolute Gasteiger partial charge is 0.337 e. The number of sulfone groups is 1. The lowest BCUT2D eigenvalue weighted by Gasteiger charge is -2.22. The SMILES string of the molecule is CCN(C(=O)Cn1cc(S(=O)(=O)c2ccc(C)cc2)c2ccccc21)c1cccc(C)c1. The summed E-state index contributed by atoms with van der Waals surface area (Å²) in [6, 6.07) is 21.9. The van der Waals surface area contributed by atoms with Crippen LogP contribution in [0.5, 0.6) is 0 Å². The van der Waals surface area contributed by atoms with Crippen molar-refractivity contribution in [3.8, 4) is 0 Å². The van der Waals surface area contributed by atoms with Crippen molar-refractivity contribution in [3.05, 3.63) is 90.1 Å². The van der Waals surface area contributed by atoms with Gasteiger partial charge in [0.2, 0.25) is 15.7 Å². The van der Waals surface area contributed by atoms with Crippen LogP contribution in [0.4, 0.5) is 5.69 Å². The molecule has 1 amide bonds. The topological polar surface area (TPSA) is 59.4 Å². The van der Waals surface area contributed by atoms with Gasteiger partial charge in [0.1, 0.15) is 6.54 Å². The molecule has 0 aliphatic carbocycles. The molecule has 1 heterocycles. The summed E-state index contributed by atoms with van der Waals surface area (Å²) in [7, 11) is -3.73. The number of carbonyl (C=O) groups is 1. The number of likely N-dealkylation sites (N-methyl/N-ethyl adjacent to an activating group) is 1. The summed E-state index contributed by atoms with van der Waals surface area (Å²) in [5.74, 6) is -0.0989. The number of nitrogens with zero attached hydrogens (tertiary/aromatic N) is 2. The van der Waals surface area contributed by atoms with Crippen LogP contribution in [0.15, 0.2) is 88.8 Å². The van der Waals surface area contributed by atoms with Gasteiger partial charge >= 0.3 is 0 Å². The third kappa shape index (κ3) is 4.06. The molecular weight excluding hydrogens is 420 g/mol. The van der Waals surface area contributed by atoms with Gasteiger partial charge in [0.25, 0.3) is 0 Å². The Morgan fingerprint density at radius 3 is 2.31 bits per heavy atom. The quantitative estimate of drug-likeness (QED) is 0.412. The lowest BCUT2D eigenvalue weighted by molar-refractivity contribution is -0.119. The number of rotatable bonds is 6. The third-order valence-corrected chi connectivity index (χ3v) is 7.41. The van der Waals surface area contributed by atoms with Gasteiger partial charge in [-0.3, -0.25) is 4.79 Å².